The van der Waals surface area contributed by atoms with Crippen LogP contribution in [0.15, 0.2) is 73.1 Å². The van der Waals surface area contributed by atoms with Crippen LogP contribution in [0.4, 0.5) is 11.4 Å². The highest BCUT2D eigenvalue weighted by atomic mass is 16.2. The summed E-state index contributed by atoms with van der Waals surface area (Å²) >= 11 is 0. The van der Waals surface area contributed by atoms with Gasteiger partial charge in [-0.15, -0.1) is 0 Å². The highest BCUT2D eigenvalue weighted by molar-refractivity contribution is 6.10. The van der Waals surface area contributed by atoms with Crippen LogP contribution in [-0.4, -0.2) is 29.9 Å². The number of amides is 2. The van der Waals surface area contributed by atoms with E-state index in [0.29, 0.717) is 24.2 Å². The number of fused-ring (bicyclic) bond motifs is 1. The summed E-state index contributed by atoms with van der Waals surface area (Å²) in [5.41, 5.74) is 3.75. The Balaban J connectivity index is 1.61. The van der Waals surface area contributed by atoms with Gasteiger partial charge >= 0.3 is 0 Å². The van der Waals surface area contributed by atoms with Crippen molar-refractivity contribution in [3.05, 3.63) is 89.7 Å². The molecule has 0 spiro atoms. The third-order valence-electron chi connectivity index (χ3n) is 4.99. The van der Waals surface area contributed by atoms with E-state index in [1.165, 1.54) is 12.4 Å². The van der Waals surface area contributed by atoms with Crippen LogP contribution in [0, 0.1) is 0 Å². The molecule has 0 saturated carbocycles. The molecule has 1 aliphatic heterocycles. The molecule has 0 radical (unpaired) electrons. The monoisotopic (exact) mass is 371 g/mol. The molecule has 5 heteroatoms. The molecule has 28 heavy (non-hydrogen) atoms. The molecule has 140 valence electrons. The molecule has 1 aliphatic rings. The van der Waals surface area contributed by atoms with E-state index >= 15 is 0 Å². The Morgan fingerprint density at radius 3 is 2.50 bits per heavy atom. The Labute approximate surface area is 164 Å². The Morgan fingerprint density at radius 2 is 1.71 bits per heavy atom. The Morgan fingerprint density at radius 1 is 1.00 bits per heavy atom. The third-order valence-corrected chi connectivity index (χ3v) is 4.99. The highest BCUT2D eigenvalue weighted by Crippen LogP contribution is 2.29. The first-order valence-corrected chi connectivity index (χ1v) is 9.40. The molecular weight excluding hydrogens is 350 g/mol. The predicted molar refractivity (Wildman–Crippen MR) is 110 cm³/mol. The zero-order valence-electron chi connectivity index (χ0n) is 15.7. The maximum absolute atomic E-state index is 13.1. The summed E-state index contributed by atoms with van der Waals surface area (Å²) in [4.78, 5) is 33.7. The molecule has 0 atom stereocenters. The van der Waals surface area contributed by atoms with Crippen LogP contribution in [-0.2, 0) is 6.42 Å². The van der Waals surface area contributed by atoms with Crippen LogP contribution in [0.25, 0.3) is 0 Å². The number of anilines is 2. The summed E-state index contributed by atoms with van der Waals surface area (Å²) in [5, 5.41) is 0. The van der Waals surface area contributed by atoms with Gasteiger partial charge in [0.1, 0.15) is 0 Å². The van der Waals surface area contributed by atoms with E-state index in [4.69, 9.17) is 0 Å². The topological polar surface area (TPSA) is 53.5 Å². The molecule has 5 nitrogen and oxygen atoms in total. The molecule has 2 aromatic carbocycles. The van der Waals surface area contributed by atoms with Gasteiger partial charge in [-0.2, -0.15) is 0 Å². The summed E-state index contributed by atoms with van der Waals surface area (Å²) < 4.78 is 0. The lowest BCUT2D eigenvalue weighted by Crippen LogP contribution is -2.32. The summed E-state index contributed by atoms with van der Waals surface area (Å²) in [7, 11) is 0. The second-order valence-corrected chi connectivity index (χ2v) is 6.68. The van der Waals surface area contributed by atoms with Gasteiger partial charge in [0.25, 0.3) is 11.8 Å². The zero-order valence-corrected chi connectivity index (χ0v) is 15.7. The molecule has 0 saturated heterocycles. The molecule has 3 aromatic rings. The molecule has 0 aliphatic carbocycles. The second-order valence-electron chi connectivity index (χ2n) is 6.68. The van der Waals surface area contributed by atoms with E-state index < -0.39 is 0 Å². The van der Waals surface area contributed by atoms with Crippen LogP contribution < -0.4 is 9.80 Å². The van der Waals surface area contributed by atoms with E-state index in [9.17, 15) is 9.59 Å². The number of rotatable bonds is 4. The van der Waals surface area contributed by atoms with Gasteiger partial charge in [-0.1, -0.05) is 36.4 Å². The maximum Gasteiger partial charge on any atom is 0.259 e. The predicted octanol–water partition coefficient (Wildman–Crippen LogP) is 3.95. The molecule has 4 rings (SSSR count). The van der Waals surface area contributed by atoms with Crippen LogP contribution in [0.5, 0.6) is 0 Å². The molecule has 1 aromatic heterocycles. The number of carbonyl (C=O) groups is 2. The van der Waals surface area contributed by atoms with Crippen LogP contribution >= 0.6 is 0 Å². The average molecular weight is 371 g/mol. The van der Waals surface area contributed by atoms with E-state index in [0.717, 1.165) is 23.4 Å². The number of aromatic nitrogens is 1. The summed E-state index contributed by atoms with van der Waals surface area (Å²) in [6.07, 6.45) is 3.88. The van der Waals surface area contributed by atoms with Gasteiger partial charge < -0.3 is 9.80 Å². The van der Waals surface area contributed by atoms with Crippen LogP contribution in [0.2, 0.25) is 0 Å². The number of nitrogens with zero attached hydrogens (tertiary/aromatic N) is 3. The second kappa shape index (κ2) is 7.64. The fourth-order valence-electron chi connectivity index (χ4n) is 3.59. The number of benzene rings is 2. The minimum atomic E-state index is -0.169. The lowest BCUT2D eigenvalue weighted by Gasteiger charge is -2.21. The van der Waals surface area contributed by atoms with Crippen molar-refractivity contribution in [1.82, 2.24) is 4.98 Å². The largest absolute Gasteiger partial charge is 0.309 e. The maximum atomic E-state index is 13.1. The number of hydrogen-bond acceptors (Lipinski definition) is 3. The first-order valence-electron chi connectivity index (χ1n) is 9.40. The van der Waals surface area contributed by atoms with Crippen molar-refractivity contribution in [3.8, 4) is 0 Å². The standard InChI is InChI=1S/C23H21N3O2/c1-2-25(20-9-4-3-5-10-20)22(27)18-14-19(16-24-15-18)23(28)26-13-12-17-8-6-7-11-21(17)26/h3-11,14-16H,2,12-13H2,1H3. The summed E-state index contributed by atoms with van der Waals surface area (Å²) in [5.74, 6) is -0.299. The summed E-state index contributed by atoms with van der Waals surface area (Å²) in [6, 6.07) is 19.0. The van der Waals surface area contributed by atoms with E-state index in [1.807, 2.05) is 61.5 Å². The van der Waals surface area contributed by atoms with Gasteiger partial charge in [-0.3, -0.25) is 14.6 Å². The van der Waals surface area contributed by atoms with Gasteiger partial charge in [0.15, 0.2) is 0 Å². The van der Waals surface area contributed by atoms with Crippen molar-refractivity contribution in [2.45, 2.75) is 13.3 Å². The number of carbonyl (C=O) groups excluding carboxylic acids is 2. The molecule has 0 bridgehead atoms. The number of pyridine rings is 1. The van der Waals surface area contributed by atoms with Crippen molar-refractivity contribution in [3.63, 3.8) is 0 Å². The molecule has 2 amide bonds. The highest BCUT2D eigenvalue weighted by Gasteiger charge is 2.26. The zero-order chi connectivity index (χ0) is 19.5. The molecule has 2 heterocycles. The lowest BCUT2D eigenvalue weighted by atomic mass is 10.1. The number of hydrogen-bond donors (Lipinski definition) is 0. The fraction of sp³-hybridized carbons (Fsp3) is 0.174. The summed E-state index contributed by atoms with van der Waals surface area (Å²) in [6.45, 7) is 3.09. The Hall–Kier alpha value is -3.47. The normalized spacial score (nSPS) is 12.5. The van der Waals surface area contributed by atoms with E-state index in [-0.39, 0.29) is 11.8 Å². The Kier molecular flexibility index (Phi) is 4.89. The van der Waals surface area contributed by atoms with Crippen molar-refractivity contribution in [2.24, 2.45) is 0 Å². The minimum absolute atomic E-state index is 0.130. The lowest BCUT2D eigenvalue weighted by molar-refractivity contribution is 0.0988. The SMILES string of the molecule is CCN(C(=O)c1cncc(C(=O)N2CCc3ccccc32)c1)c1ccccc1. The van der Waals surface area contributed by atoms with Gasteiger partial charge in [-0.25, -0.2) is 0 Å². The smallest absolute Gasteiger partial charge is 0.259 e. The number of para-hydroxylation sites is 2. The van der Waals surface area contributed by atoms with Gasteiger partial charge in [-0.05, 0) is 43.2 Å². The minimum Gasteiger partial charge on any atom is -0.309 e. The molecule has 0 unspecified atom stereocenters. The van der Waals surface area contributed by atoms with Gasteiger partial charge in [0, 0.05) is 36.9 Å². The van der Waals surface area contributed by atoms with E-state index in [1.54, 1.807) is 15.9 Å². The third kappa shape index (κ3) is 3.27. The first-order chi connectivity index (χ1) is 13.7. The van der Waals surface area contributed by atoms with Crippen molar-refractivity contribution in [2.75, 3.05) is 22.9 Å². The van der Waals surface area contributed by atoms with Crippen LogP contribution in [0.3, 0.4) is 0 Å². The van der Waals surface area contributed by atoms with Crippen LogP contribution in [0.1, 0.15) is 33.2 Å². The fourth-order valence-corrected chi connectivity index (χ4v) is 3.59. The van der Waals surface area contributed by atoms with Crippen molar-refractivity contribution < 1.29 is 9.59 Å². The van der Waals surface area contributed by atoms with Crippen molar-refractivity contribution in [1.29, 1.82) is 0 Å². The molecular formula is C23H21N3O2. The van der Waals surface area contributed by atoms with E-state index in [2.05, 4.69) is 4.98 Å². The van der Waals surface area contributed by atoms with Crippen molar-refractivity contribution >= 4 is 23.2 Å². The molecule has 0 N–H and O–H groups in total. The van der Waals surface area contributed by atoms with Gasteiger partial charge in [0.05, 0.1) is 11.1 Å². The Bertz CT molecular complexity index is 988. The van der Waals surface area contributed by atoms with Gasteiger partial charge in [0.2, 0.25) is 0 Å². The molecule has 0 fully saturated rings. The average Bonchev–Trinajstić information content (AvgIpc) is 3.19. The first kappa shape index (κ1) is 17.9. The quantitative estimate of drug-likeness (QED) is 0.698.